The van der Waals surface area contributed by atoms with E-state index in [1.807, 2.05) is 31.3 Å². The summed E-state index contributed by atoms with van der Waals surface area (Å²) >= 11 is 3.53. The van der Waals surface area contributed by atoms with Crippen LogP contribution in [-0.2, 0) is 0 Å². The van der Waals surface area contributed by atoms with Crippen molar-refractivity contribution in [3.63, 3.8) is 0 Å². The predicted molar refractivity (Wildman–Crippen MR) is 84.4 cm³/mol. The Kier molecular flexibility index (Phi) is 3.26. The van der Waals surface area contributed by atoms with Gasteiger partial charge < -0.3 is 4.74 Å². The zero-order valence-corrected chi connectivity index (χ0v) is 13.2. The lowest BCUT2D eigenvalue weighted by molar-refractivity contribution is 0.411. The number of aromatic nitrogens is 2. The Morgan fingerprint density at radius 3 is 2.70 bits per heavy atom. The van der Waals surface area contributed by atoms with E-state index in [1.165, 1.54) is 0 Å². The molecule has 0 bridgehead atoms. The van der Waals surface area contributed by atoms with Crippen LogP contribution >= 0.6 is 15.9 Å². The maximum Gasteiger partial charge on any atom is 0.146 e. The van der Waals surface area contributed by atoms with Crippen molar-refractivity contribution in [3.05, 3.63) is 52.3 Å². The maximum absolute atomic E-state index is 5.37. The third-order valence-corrected chi connectivity index (χ3v) is 4.07. The molecule has 0 saturated carbocycles. The second-order valence-corrected chi connectivity index (χ2v) is 5.57. The van der Waals surface area contributed by atoms with Crippen molar-refractivity contribution in [2.75, 3.05) is 7.11 Å². The van der Waals surface area contributed by atoms with Crippen molar-refractivity contribution in [1.82, 2.24) is 9.38 Å². The molecule has 0 amide bonds. The number of rotatable bonds is 2. The Balaban J connectivity index is 2.29. The highest BCUT2D eigenvalue weighted by atomic mass is 79.9. The Hall–Kier alpha value is -1.81. The molecule has 3 nitrogen and oxygen atoms in total. The van der Waals surface area contributed by atoms with Crippen molar-refractivity contribution in [2.24, 2.45) is 0 Å². The number of fused-ring (bicyclic) bond motifs is 1. The van der Waals surface area contributed by atoms with E-state index >= 15 is 0 Å². The van der Waals surface area contributed by atoms with Gasteiger partial charge in [0.05, 0.1) is 12.6 Å². The van der Waals surface area contributed by atoms with Crippen LogP contribution in [0.1, 0.15) is 11.1 Å². The number of nitrogens with zero attached hydrogens (tertiary/aromatic N) is 2. The van der Waals surface area contributed by atoms with Crippen LogP contribution in [-0.4, -0.2) is 16.5 Å². The Labute approximate surface area is 126 Å². The van der Waals surface area contributed by atoms with E-state index in [4.69, 9.17) is 4.74 Å². The summed E-state index contributed by atoms with van der Waals surface area (Å²) in [5.41, 5.74) is 4.44. The van der Waals surface area contributed by atoms with Gasteiger partial charge >= 0.3 is 0 Å². The summed E-state index contributed by atoms with van der Waals surface area (Å²) in [5.74, 6) is 1.85. The van der Waals surface area contributed by atoms with Gasteiger partial charge in [-0.3, -0.25) is 4.40 Å². The number of halogens is 1. The molecule has 2 heterocycles. The van der Waals surface area contributed by atoms with Gasteiger partial charge in [0, 0.05) is 11.8 Å². The summed E-state index contributed by atoms with van der Waals surface area (Å²) in [6.45, 7) is 4.13. The zero-order chi connectivity index (χ0) is 14.3. The highest BCUT2D eigenvalue weighted by Gasteiger charge is 2.14. The maximum atomic E-state index is 5.37. The van der Waals surface area contributed by atoms with Crippen molar-refractivity contribution in [1.29, 1.82) is 0 Å². The van der Waals surface area contributed by atoms with E-state index in [-0.39, 0.29) is 0 Å². The molecule has 0 unspecified atom stereocenters. The molecule has 2 aromatic heterocycles. The summed E-state index contributed by atoms with van der Waals surface area (Å²) in [6.07, 6.45) is 2.03. The standard InChI is InChI=1S/C16H15BrN2O/c1-10-9-14(20-3)11(2)8-12(10)16-18-15(17)13-6-4-5-7-19(13)16/h4-9H,1-3H3. The largest absolute Gasteiger partial charge is 0.496 e. The van der Waals surface area contributed by atoms with E-state index in [1.54, 1.807) is 7.11 Å². The van der Waals surface area contributed by atoms with Gasteiger partial charge in [-0.05, 0) is 65.2 Å². The fraction of sp³-hybridized carbons (Fsp3) is 0.188. The number of hydrogen-bond donors (Lipinski definition) is 0. The molecule has 0 N–H and O–H groups in total. The number of benzene rings is 1. The molecule has 102 valence electrons. The number of methoxy groups -OCH3 is 1. The van der Waals surface area contributed by atoms with Gasteiger partial charge in [-0.2, -0.15) is 0 Å². The van der Waals surface area contributed by atoms with Gasteiger partial charge in [-0.15, -0.1) is 0 Å². The van der Waals surface area contributed by atoms with Gasteiger partial charge in [-0.25, -0.2) is 4.98 Å². The first-order chi connectivity index (χ1) is 9.61. The predicted octanol–water partition coefficient (Wildman–Crippen LogP) is 4.39. The van der Waals surface area contributed by atoms with Crippen molar-refractivity contribution < 1.29 is 4.74 Å². The molecule has 0 aliphatic carbocycles. The molecular weight excluding hydrogens is 316 g/mol. The minimum absolute atomic E-state index is 0.862. The van der Waals surface area contributed by atoms with Crippen LogP contribution in [0.15, 0.2) is 41.1 Å². The summed E-state index contributed by atoms with van der Waals surface area (Å²) in [7, 11) is 1.70. The normalized spacial score (nSPS) is 11.0. The van der Waals surface area contributed by atoms with Gasteiger partial charge in [0.1, 0.15) is 16.2 Å². The van der Waals surface area contributed by atoms with Crippen LogP contribution in [0.4, 0.5) is 0 Å². The first-order valence-electron chi connectivity index (χ1n) is 6.40. The molecule has 1 aromatic carbocycles. The average molecular weight is 331 g/mol. The summed E-state index contributed by atoms with van der Waals surface area (Å²) in [6, 6.07) is 10.3. The highest BCUT2D eigenvalue weighted by Crippen LogP contribution is 2.32. The Morgan fingerprint density at radius 1 is 1.15 bits per heavy atom. The molecular formula is C16H15BrN2O. The lowest BCUT2D eigenvalue weighted by atomic mass is 10.0. The van der Waals surface area contributed by atoms with Gasteiger partial charge in [0.2, 0.25) is 0 Å². The van der Waals surface area contributed by atoms with Crippen LogP contribution in [0.5, 0.6) is 5.75 Å². The number of pyridine rings is 1. The third kappa shape index (κ3) is 2.00. The number of hydrogen-bond acceptors (Lipinski definition) is 2. The van der Waals surface area contributed by atoms with Crippen molar-refractivity contribution in [3.8, 4) is 17.1 Å². The molecule has 3 aromatic rings. The molecule has 0 radical (unpaired) electrons. The monoisotopic (exact) mass is 330 g/mol. The fourth-order valence-electron chi connectivity index (χ4n) is 2.44. The third-order valence-electron chi connectivity index (χ3n) is 3.49. The van der Waals surface area contributed by atoms with Gasteiger partial charge in [0.25, 0.3) is 0 Å². The lowest BCUT2D eigenvalue weighted by Crippen LogP contribution is -1.95. The first-order valence-corrected chi connectivity index (χ1v) is 7.19. The summed E-state index contributed by atoms with van der Waals surface area (Å²) in [4.78, 5) is 4.66. The highest BCUT2D eigenvalue weighted by molar-refractivity contribution is 9.10. The van der Waals surface area contributed by atoms with E-state index in [2.05, 4.69) is 44.4 Å². The second kappa shape index (κ2) is 4.94. The lowest BCUT2D eigenvalue weighted by Gasteiger charge is -2.10. The second-order valence-electron chi connectivity index (χ2n) is 4.82. The molecule has 0 fully saturated rings. The topological polar surface area (TPSA) is 26.5 Å². The van der Waals surface area contributed by atoms with E-state index in [0.29, 0.717) is 0 Å². The molecule has 20 heavy (non-hydrogen) atoms. The smallest absolute Gasteiger partial charge is 0.146 e. The van der Waals surface area contributed by atoms with E-state index in [0.717, 1.165) is 38.4 Å². The van der Waals surface area contributed by atoms with Crippen LogP contribution in [0.2, 0.25) is 0 Å². The van der Waals surface area contributed by atoms with Crippen LogP contribution in [0, 0.1) is 13.8 Å². The van der Waals surface area contributed by atoms with Crippen LogP contribution < -0.4 is 4.74 Å². The first kappa shape index (κ1) is 13.2. The quantitative estimate of drug-likeness (QED) is 0.696. The SMILES string of the molecule is COc1cc(C)c(-c2nc(Br)c3ccccn23)cc1C. The molecule has 0 aliphatic heterocycles. The van der Waals surface area contributed by atoms with Crippen LogP contribution in [0.3, 0.4) is 0 Å². The molecule has 4 heteroatoms. The van der Waals surface area contributed by atoms with Gasteiger partial charge in [-0.1, -0.05) is 6.07 Å². The average Bonchev–Trinajstić information content (AvgIpc) is 2.79. The summed E-state index contributed by atoms with van der Waals surface area (Å²) < 4.78 is 8.33. The minimum atomic E-state index is 0.862. The minimum Gasteiger partial charge on any atom is -0.496 e. The number of imidazole rings is 1. The van der Waals surface area contributed by atoms with E-state index in [9.17, 15) is 0 Å². The molecule has 0 atom stereocenters. The molecule has 0 spiro atoms. The van der Waals surface area contributed by atoms with Gasteiger partial charge in [0.15, 0.2) is 0 Å². The zero-order valence-electron chi connectivity index (χ0n) is 11.6. The van der Waals surface area contributed by atoms with Crippen molar-refractivity contribution >= 4 is 21.4 Å². The van der Waals surface area contributed by atoms with Crippen LogP contribution in [0.25, 0.3) is 16.9 Å². The fourth-order valence-corrected chi connectivity index (χ4v) is 2.93. The Bertz CT molecular complexity index is 793. The Morgan fingerprint density at radius 2 is 1.95 bits per heavy atom. The van der Waals surface area contributed by atoms with E-state index < -0.39 is 0 Å². The van der Waals surface area contributed by atoms with Crippen molar-refractivity contribution in [2.45, 2.75) is 13.8 Å². The number of ether oxygens (including phenoxy) is 1. The number of aryl methyl sites for hydroxylation is 2. The molecule has 0 aliphatic rings. The molecule has 3 rings (SSSR count). The molecule has 0 saturated heterocycles. The summed E-state index contributed by atoms with van der Waals surface area (Å²) in [5, 5.41) is 0.